The molecule has 0 radical (unpaired) electrons. The van der Waals surface area contributed by atoms with E-state index < -0.39 is 0 Å². The number of ketones is 1. The summed E-state index contributed by atoms with van der Waals surface area (Å²) in [5.41, 5.74) is 1.65. The van der Waals surface area contributed by atoms with Gasteiger partial charge in [0, 0.05) is 10.6 Å². The first kappa shape index (κ1) is 12.7. The Hall–Kier alpha value is -1.80. The van der Waals surface area contributed by atoms with Gasteiger partial charge >= 0.3 is 0 Å². The predicted molar refractivity (Wildman–Crippen MR) is 72.2 cm³/mol. The maximum absolute atomic E-state index is 11.2. The first-order valence-corrected chi connectivity index (χ1v) is 6.01. The van der Waals surface area contributed by atoms with Gasteiger partial charge in [-0.25, -0.2) is 0 Å². The molecule has 0 aromatic heterocycles. The summed E-state index contributed by atoms with van der Waals surface area (Å²) in [6.45, 7) is 1.97. The molecule has 0 spiro atoms. The molecule has 2 nitrogen and oxygen atoms in total. The van der Waals surface area contributed by atoms with E-state index in [1.807, 2.05) is 36.4 Å². The molecular weight excluding hydrogens is 248 g/mol. The van der Waals surface area contributed by atoms with E-state index >= 15 is 0 Å². The van der Waals surface area contributed by atoms with Crippen LogP contribution in [0.1, 0.15) is 22.8 Å². The van der Waals surface area contributed by atoms with Gasteiger partial charge in [-0.3, -0.25) is 4.79 Å². The number of hydrogen-bond acceptors (Lipinski definition) is 2. The van der Waals surface area contributed by atoms with Crippen molar-refractivity contribution in [3.8, 4) is 5.75 Å². The van der Waals surface area contributed by atoms with Crippen molar-refractivity contribution in [2.75, 3.05) is 0 Å². The molecule has 0 saturated carbocycles. The van der Waals surface area contributed by atoms with Gasteiger partial charge in [0.15, 0.2) is 5.78 Å². The lowest BCUT2D eigenvalue weighted by Gasteiger charge is -2.07. The van der Waals surface area contributed by atoms with Crippen LogP contribution in [-0.2, 0) is 6.61 Å². The molecule has 2 aromatic carbocycles. The molecule has 0 unspecified atom stereocenters. The number of halogens is 1. The van der Waals surface area contributed by atoms with E-state index in [1.165, 1.54) is 6.92 Å². The van der Waals surface area contributed by atoms with Crippen LogP contribution >= 0.6 is 11.6 Å². The van der Waals surface area contributed by atoms with Crippen LogP contribution in [0.15, 0.2) is 48.5 Å². The molecule has 0 saturated heterocycles. The molecule has 92 valence electrons. The van der Waals surface area contributed by atoms with Crippen LogP contribution in [0.4, 0.5) is 0 Å². The summed E-state index contributed by atoms with van der Waals surface area (Å²) in [5, 5.41) is 0.689. The average Bonchev–Trinajstić information content (AvgIpc) is 2.37. The minimum Gasteiger partial charge on any atom is -0.489 e. The number of hydrogen-bond donors (Lipinski definition) is 0. The molecule has 18 heavy (non-hydrogen) atoms. The van der Waals surface area contributed by atoms with Gasteiger partial charge in [0.1, 0.15) is 12.4 Å². The largest absolute Gasteiger partial charge is 0.489 e. The van der Waals surface area contributed by atoms with Crippen molar-refractivity contribution < 1.29 is 9.53 Å². The van der Waals surface area contributed by atoms with Gasteiger partial charge in [0.25, 0.3) is 0 Å². The Morgan fingerprint density at radius 1 is 1.17 bits per heavy atom. The van der Waals surface area contributed by atoms with E-state index in [0.29, 0.717) is 22.9 Å². The molecule has 0 atom stereocenters. The molecular formula is C15H13ClO2. The topological polar surface area (TPSA) is 26.3 Å². The summed E-state index contributed by atoms with van der Waals surface area (Å²) in [4.78, 5) is 11.2. The van der Waals surface area contributed by atoms with E-state index in [1.54, 1.807) is 12.1 Å². The number of rotatable bonds is 4. The SMILES string of the molecule is CC(=O)c1cccc(OCc2cccc(Cl)c2)c1. The van der Waals surface area contributed by atoms with Crippen molar-refractivity contribution in [1.82, 2.24) is 0 Å². The Bertz CT molecular complexity index is 564. The molecule has 0 aliphatic carbocycles. The minimum absolute atomic E-state index is 0.0307. The second-order valence-electron chi connectivity index (χ2n) is 4.00. The normalized spacial score (nSPS) is 10.1. The fourth-order valence-electron chi connectivity index (χ4n) is 1.60. The van der Waals surface area contributed by atoms with Crippen molar-refractivity contribution in [3.05, 3.63) is 64.7 Å². The summed E-state index contributed by atoms with van der Waals surface area (Å²) in [6.07, 6.45) is 0. The highest BCUT2D eigenvalue weighted by atomic mass is 35.5. The van der Waals surface area contributed by atoms with Crippen molar-refractivity contribution in [3.63, 3.8) is 0 Å². The molecule has 0 fully saturated rings. The van der Waals surface area contributed by atoms with Gasteiger partial charge in [-0.2, -0.15) is 0 Å². The third-order valence-electron chi connectivity index (χ3n) is 2.54. The van der Waals surface area contributed by atoms with E-state index in [2.05, 4.69) is 0 Å². The van der Waals surface area contributed by atoms with Crippen LogP contribution in [0.5, 0.6) is 5.75 Å². The summed E-state index contributed by atoms with van der Waals surface area (Å²) < 4.78 is 5.63. The zero-order valence-corrected chi connectivity index (χ0v) is 10.8. The number of ether oxygens (including phenoxy) is 1. The Morgan fingerprint density at radius 3 is 2.67 bits per heavy atom. The molecule has 0 aliphatic rings. The highest BCUT2D eigenvalue weighted by Crippen LogP contribution is 2.17. The maximum Gasteiger partial charge on any atom is 0.159 e. The molecule has 0 amide bonds. The third kappa shape index (κ3) is 3.34. The lowest BCUT2D eigenvalue weighted by Crippen LogP contribution is -1.97. The molecule has 0 heterocycles. The molecule has 0 N–H and O–H groups in total. The maximum atomic E-state index is 11.2. The Kier molecular flexibility index (Phi) is 4.00. The van der Waals surface area contributed by atoms with Crippen molar-refractivity contribution in [2.24, 2.45) is 0 Å². The van der Waals surface area contributed by atoms with Crippen LogP contribution in [0.2, 0.25) is 5.02 Å². The highest BCUT2D eigenvalue weighted by molar-refractivity contribution is 6.30. The van der Waals surface area contributed by atoms with Crippen LogP contribution in [0, 0.1) is 0 Å². The first-order valence-electron chi connectivity index (χ1n) is 5.63. The molecule has 2 aromatic rings. The number of carbonyl (C=O) groups is 1. The van der Waals surface area contributed by atoms with Gasteiger partial charge in [-0.05, 0) is 36.8 Å². The smallest absolute Gasteiger partial charge is 0.159 e. The first-order chi connectivity index (χ1) is 8.65. The van der Waals surface area contributed by atoms with E-state index in [0.717, 1.165) is 5.56 Å². The van der Waals surface area contributed by atoms with Gasteiger partial charge in [-0.15, -0.1) is 0 Å². The van der Waals surface area contributed by atoms with Crippen molar-refractivity contribution in [2.45, 2.75) is 13.5 Å². The van der Waals surface area contributed by atoms with E-state index in [9.17, 15) is 4.79 Å². The average molecular weight is 261 g/mol. The van der Waals surface area contributed by atoms with E-state index in [-0.39, 0.29) is 5.78 Å². The second kappa shape index (κ2) is 5.69. The zero-order chi connectivity index (χ0) is 13.0. The van der Waals surface area contributed by atoms with Crippen LogP contribution < -0.4 is 4.74 Å². The Morgan fingerprint density at radius 2 is 1.94 bits per heavy atom. The molecule has 2 rings (SSSR count). The van der Waals surface area contributed by atoms with Gasteiger partial charge in [-0.1, -0.05) is 35.9 Å². The molecule has 0 bridgehead atoms. The standard InChI is InChI=1S/C15H13ClO2/c1-11(17)13-5-3-7-15(9-13)18-10-12-4-2-6-14(16)8-12/h2-9H,10H2,1H3. The highest BCUT2D eigenvalue weighted by Gasteiger charge is 2.01. The van der Waals surface area contributed by atoms with Crippen molar-refractivity contribution >= 4 is 17.4 Å². The van der Waals surface area contributed by atoms with Gasteiger partial charge < -0.3 is 4.74 Å². The number of benzene rings is 2. The number of Topliss-reactive ketones (excluding diaryl/α,β-unsaturated/α-hetero) is 1. The lowest BCUT2D eigenvalue weighted by molar-refractivity contribution is 0.101. The zero-order valence-electron chi connectivity index (χ0n) is 10.0. The van der Waals surface area contributed by atoms with Gasteiger partial charge in [0.2, 0.25) is 0 Å². The van der Waals surface area contributed by atoms with Crippen LogP contribution in [-0.4, -0.2) is 5.78 Å². The minimum atomic E-state index is 0.0307. The number of carbonyl (C=O) groups excluding carboxylic acids is 1. The van der Waals surface area contributed by atoms with Crippen LogP contribution in [0.3, 0.4) is 0 Å². The summed E-state index contributed by atoms with van der Waals surface area (Å²) in [7, 11) is 0. The third-order valence-corrected chi connectivity index (χ3v) is 2.77. The summed E-state index contributed by atoms with van der Waals surface area (Å²) in [5.74, 6) is 0.714. The fourth-order valence-corrected chi connectivity index (χ4v) is 1.81. The van der Waals surface area contributed by atoms with E-state index in [4.69, 9.17) is 16.3 Å². The fraction of sp³-hybridized carbons (Fsp3) is 0.133. The Labute approximate surface area is 111 Å². The lowest BCUT2D eigenvalue weighted by atomic mass is 10.1. The quantitative estimate of drug-likeness (QED) is 0.773. The monoisotopic (exact) mass is 260 g/mol. The molecule has 0 aliphatic heterocycles. The Balaban J connectivity index is 2.06. The van der Waals surface area contributed by atoms with Gasteiger partial charge in [0.05, 0.1) is 0 Å². The molecule has 3 heteroatoms. The summed E-state index contributed by atoms with van der Waals surface area (Å²) in [6, 6.07) is 14.7. The van der Waals surface area contributed by atoms with Crippen molar-refractivity contribution in [1.29, 1.82) is 0 Å². The van der Waals surface area contributed by atoms with Crippen LogP contribution in [0.25, 0.3) is 0 Å². The summed E-state index contributed by atoms with van der Waals surface area (Å²) >= 11 is 5.89. The predicted octanol–water partition coefficient (Wildman–Crippen LogP) is 4.12. The second-order valence-corrected chi connectivity index (χ2v) is 4.44.